The molecule has 37 heavy (non-hydrogen) atoms. The number of carbonyl (C=O) groups is 3. The molecule has 0 aliphatic rings. The first-order chi connectivity index (χ1) is 17.6. The number of nitrogens with zero attached hydrogens (tertiary/aromatic N) is 2. The van der Waals surface area contributed by atoms with E-state index in [0.29, 0.717) is 49.4 Å². The zero-order valence-corrected chi connectivity index (χ0v) is 22.6. The van der Waals surface area contributed by atoms with Gasteiger partial charge in [0, 0.05) is 53.4 Å². The van der Waals surface area contributed by atoms with Crippen LogP contribution in [0.4, 0.5) is 10.5 Å². The molecule has 0 aliphatic heterocycles. The van der Waals surface area contributed by atoms with Crippen molar-refractivity contribution in [2.75, 3.05) is 18.1 Å². The number of esters is 1. The van der Waals surface area contributed by atoms with Crippen LogP contribution in [0.25, 0.3) is 10.9 Å². The Bertz CT molecular complexity index is 1240. The minimum atomic E-state index is -0.619. The molecule has 7 nitrogen and oxygen atoms in total. The van der Waals surface area contributed by atoms with E-state index in [1.807, 2.05) is 62.7 Å². The number of anilines is 1. The van der Waals surface area contributed by atoms with E-state index in [4.69, 9.17) is 9.47 Å². The van der Waals surface area contributed by atoms with E-state index in [9.17, 15) is 14.4 Å². The second-order valence-electron chi connectivity index (χ2n) is 10.0. The van der Waals surface area contributed by atoms with Gasteiger partial charge in [-0.1, -0.05) is 43.7 Å². The molecule has 0 unspecified atom stereocenters. The van der Waals surface area contributed by atoms with Gasteiger partial charge in [-0.25, -0.2) is 4.79 Å². The lowest BCUT2D eigenvalue weighted by molar-refractivity contribution is -0.143. The summed E-state index contributed by atoms with van der Waals surface area (Å²) in [5, 5.41) is 0.850. The Labute approximate surface area is 219 Å². The molecule has 1 heterocycles. The van der Waals surface area contributed by atoms with Crippen LogP contribution in [0.15, 0.2) is 54.7 Å². The topological polar surface area (TPSA) is 77.8 Å². The van der Waals surface area contributed by atoms with Crippen molar-refractivity contribution in [3.63, 3.8) is 0 Å². The largest absolute Gasteiger partial charge is 0.466 e. The molecular weight excluding hydrogens is 468 g/mol. The number of benzene rings is 2. The number of ketones is 1. The third kappa shape index (κ3) is 7.44. The van der Waals surface area contributed by atoms with Gasteiger partial charge >= 0.3 is 12.1 Å². The number of hydrogen-bond donors (Lipinski definition) is 0. The molecule has 0 aliphatic carbocycles. The predicted octanol–water partition coefficient (Wildman–Crippen LogP) is 6.76. The molecule has 0 N–H and O–H groups in total. The number of aromatic nitrogens is 1. The monoisotopic (exact) mass is 506 g/mol. The normalized spacial score (nSPS) is 11.4. The van der Waals surface area contributed by atoms with Crippen molar-refractivity contribution < 1.29 is 23.9 Å². The maximum atomic E-state index is 13.6. The van der Waals surface area contributed by atoms with E-state index in [-0.39, 0.29) is 11.8 Å². The molecule has 0 saturated heterocycles. The van der Waals surface area contributed by atoms with Crippen LogP contribution in [0.1, 0.15) is 76.2 Å². The Morgan fingerprint density at radius 1 is 0.973 bits per heavy atom. The Balaban J connectivity index is 1.81. The number of hydrogen-bond acceptors (Lipinski definition) is 5. The van der Waals surface area contributed by atoms with Crippen LogP contribution in [-0.4, -0.2) is 41.2 Å². The van der Waals surface area contributed by atoms with E-state index < -0.39 is 11.7 Å². The molecule has 1 amide bonds. The van der Waals surface area contributed by atoms with Gasteiger partial charge in [-0.15, -0.1) is 0 Å². The number of unbranched alkanes of at least 4 members (excludes halogenated alkanes) is 1. The maximum absolute atomic E-state index is 13.6. The Morgan fingerprint density at radius 2 is 1.73 bits per heavy atom. The Kier molecular flexibility index (Phi) is 9.50. The fourth-order valence-corrected chi connectivity index (χ4v) is 4.11. The van der Waals surface area contributed by atoms with Gasteiger partial charge in [-0.05, 0) is 58.7 Å². The first-order valence-electron chi connectivity index (χ1n) is 13.0. The lowest BCUT2D eigenvalue weighted by Gasteiger charge is -2.26. The summed E-state index contributed by atoms with van der Waals surface area (Å²) in [6.45, 7) is 10.9. The van der Waals surface area contributed by atoms with Gasteiger partial charge < -0.3 is 14.0 Å². The SMILES string of the molecule is CCCCOC(=O)CCCn1cc(C(=O)c2cccc(N(CC)C(=O)OC(C)(C)C)c2)c2ccccc21. The fraction of sp³-hybridized carbons (Fsp3) is 0.433. The summed E-state index contributed by atoms with van der Waals surface area (Å²) in [6.07, 6.45) is 4.21. The third-order valence-corrected chi connectivity index (χ3v) is 5.92. The highest BCUT2D eigenvalue weighted by Crippen LogP contribution is 2.27. The third-order valence-electron chi connectivity index (χ3n) is 5.92. The lowest BCUT2D eigenvalue weighted by atomic mass is 10.0. The van der Waals surface area contributed by atoms with Crippen molar-refractivity contribution in [3.8, 4) is 0 Å². The average molecular weight is 507 g/mol. The average Bonchev–Trinajstić information content (AvgIpc) is 3.22. The van der Waals surface area contributed by atoms with Gasteiger partial charge in [-0.2, -0.15) is 0 Å². The van der Waals surface area contributed by atoms with E-state index in [0.717, 1.165) is 23.7 Å². The van der Waals surface area contributed by atoms with Crippen LogP contribution < -0.4 is 4.90 Å². The number of fused-ring (bicyclic) bond motifs is 1. The van der Waals surface area contributed by atoms with Crippen LogP contribution in [0.3, 0.4) is 0 Å². The summed E-state index contributed by atoms with van der Waals surface area (Å²) in [6, 6.07) is 14.8. The molecule has 7 heteroatoms. The molecule has 0 radical (unpaired) electrons. The van der Waals surface area contributed by atoms with Crippen molar-refractivity contribution in [2.24, 2.45) is 0 Å². The van der Waals surface area contributed by atoms with Gasteiger partial charge in [0.15, 0.2) is 5.78 Å². The highest BCUT2D eigenvalue weighted by molar-refractivity contribution is 6.17. The second-order valence-corrected chi connectivity index (χ2v) is 10.0. The zero-order valence-electron chi connectivity index (χ0n) is 22.6. The predicted molar refractivity (Wildman–Crippen MR) is 146 cm³/mol. The number of para-hydroxylation sites is 1. The van der Waals surface area contributed by atoms with Crippen LogP contribution in [0.5, 0.6) is 0 Å². The lowest BCUT2D eigenvalue weighted by Crippen LogP contribution is -2.36. The molecule has 198 valence electrons. The molecule has 0 saturated carbocycles. The first-order valence-corrected chi connectivity index (χ1v) is 13.0. The zero-order chi connectivity index (χ0) is 27.0. The van der Waals surface area contributed by atoms with Gasteiger partial charge in [0.1, 0.15) is 5.60 Å². The minimum absolute atomic E-state index is 0.129. The molecule has 3 aromatic rings. The number of aryl methyl sites for hydroxylation is 1. The van der Waals surface area contributed by atoms with Crippen molar-refractivity contribution >= 4 is 34.4 Å². The van der Waals surface area contributed by atoms with Crippen LogP contribution in [-0.2, 0) is 20.8 Å². The number of ether oxygens (including phenoxy) is 2. The van der Waals surface area contributed by atoms with E-state index >= 15 is 0 Å². The standard InChI is InChI=1S/C30H38N2O5/c1-6-8-19-36-27(33)17-12-18-31-21-25(24-15-9-10-16-26(24)31)28(34)22-13-11-14-23(20-22)32(7-2)29(35)37-30(3,4)5/h9-11,13-16,20-21H,6-8,12,17-19H2,1-5H3. The van der Waals surface area contributed by atoms with Crippen molar-refractivity contribution in [1.29, 1.82) is 0 Å². The maximum Gasteiger partial charge on any atom is 0.414 e. The van der Waals surface area contributed by atoms with Gasteiger partial charge in [0.2, 0.25) is 0 Å². The molecule has 3 rings (SSSR count). The molecule has 0 bridgehead atoms. The molecular formula is C30H38N2O5. The van der Waals surface area contributed by atoms with Crippen molar-refractivity contribution in [2.45, 2.75) is 72.4 Å². The van der Waals surface area contributed by atoms with Gasteiger partial charge in [0.05, 0.1) is 6.61 Å². The van der Waals surface area contributed by atoms with Crippen LogP contribution in [0, 0.1) is 0 Å². The molecule has 0 spiro atoms. The minimum Gasteiger partial charge on any atom is -0.466 e. The van der Waals surface area contributed by atoms with E-state index in [2.05, 4.69) is 6.92 Å². The Morgan fingerprint density at radius 3 is 2.43 bits per heavy atom. The van der Waals surface area contributed by atoms with Crippen molar-refractivity contribution in [1.82, 2.24) is 4.57 Å². The summed E-state index contributed by atoms with van der Waals surface area (Å²) >= 11 is 0. The van der Waals surface area contributed by atoms with Gasteiger partial charge in [0.25, 0.3) is 0 Å². The number of amides is 1. The highest BCUT2D eigenvalue weighted by Gasteiger charge is 2.24. The second kappa shape index (κ2) is 12.6. The number of carbonyl (C=O) groups excluding carboxylic acids is 3. The van der Waals surface area contributed by atoms with E-state index in [1.54, 1.807) is 24.3 Å². The first kappa shape index (κ1) is 28.0. The Hall–Kier alpha value is -3.61. The summed E-state index contributed by atoms with van der Waals surface area (Å²) in [5.41, 5.74) is 1.99. The van der Waals surface area contributed by atoms with E-state index in [1.165, 1.54) is 4.90 Å². The molecule has 0 atom stereocenters. The summed E-state index contributed by atoms with van der Waals surface area (Å²) in [7, 11) is 0. The fourth-order valence-electron chi connectivity index (χ4n) is 4.11. The van der Waals surface area contributed by atoms with Crippen molar-refractivity contribution in [3.05, 3.63) is 65.9 Å². The summed E-state index contributed by atoms with van der Waals surface area (Å²) in [4.78, 5) is 39.9. The smallest absolute Gasteiger partial charge is 0.414 e. The summed E-state index contributed by atoms with van der Waals surface area (Å²) in [5.74, 6) is -0.320. The molecule has 2 aromatic carbocycles. The highest BCUT2D eigenvalue weighted by atomic mass is 16.6. The molecule has 1 aromatic heterocycles. The van der Waals surface area contributed by atoms with Gasteiger partial charge in [-0.3, -0.25) is 14.5 Å². The summed E-state index contributed by atoms with van der Waals surface area (Å²) < 4.78 is 12.8. The van der Waals surface area contributed by atoms with Crippen LogP contribution >= 0.6 is 0 Å². The number of rotatable bonds is 11. The van der Waals surface area contributed by atoms with Crippen LogP contribution in [0.2, 0.25) is 0 Å². The quantitative estimate of drug-likeness (QED) is 0.163. The molecule has 0 fully saturated rings.